The van der Waals surface area contributed by atoms with E-state index in [1.165, 1.54) is 0 Å². The zero-order valence-corrected chi connectivity index (χ0v) is 16.1. The van der Waals surface area contributed by atoms with Crippen LogP contribution in [0.1, 0.15) is 52.1 Å². The van der Waals surface area contributed by atoms with Gasteiger partial charge in [0.25, 0.3) is 11.8 Å². The number of fused-ring (bicyclic) bond motifs is 1. The van der Waals surface area contributed by atoms with E-state index in [0.717, 1.165) is 16.0 Å². The minimum Gasteiger partial charge on any atom is -0.324 e. The molecule has 1 aliphatic heterocycles. The third-order valence-corrected chi connectivity index (χ3v) is 4.77. The Hall–Kier alpha value is -2.95. The van der Waals surface area contributed by atoms with Crippen LogP contribution >= 0.6 is 0 Å². The maximum Gasteiger partial charge on any atom is 0.262 e. The SMILES string of the molecule is Cc1ccc(NC(=O)[C@H](CC(C)C)N2C(=O)c3ccccc3C2=O)c(C)c1. The van der Waals surface area contributed by atoms with Gasteiger partial charge in [-0.25, -0.2) is 0 Å². The normalized spacial score (nSPS) is 14.5. The molecule has 0 radical (unpaired) electrons. The molecule has 5 nitrogen and oxygen atoms in total. The number of amides is 3. The molecule has 140 valence electrons. The van der Waals surface area contributed by atoms with Crippen molar-refractivity contribution < 1.29 is 14.4 Å². The summed E-state index contributed by atoms with van der Waals surface area (Å²) in [5, 5.41) is 2.90. The van der Waals surface area contributed by atoms with Crippen LogP contribution in [0.15, 0.2) is 42.5 Å². The highest BCUT2D eigenvalue weighted by Gasteiger charge is 2.42. The zero-order chi connectivity index (χ0) is 19.7. The van der Waals surface area contributed by atoms with Gasteiger partial charge in [-0.2, -0.15) is 0 Å². The van der Waals surface area contributed by atoms with Gasteiger partial charge in [0.05, 0.1) is 11.1 Å². The largest absolute Gasteiger partial charge is 0.324 e. The Bertz CT molecular complexity index is 883. The summed E-state index contributed by atoms with van der Waals surface area (Å²) in [7, 11) is 0. The number of hydrogen-bond acceptors (Lipinski definition) is 3. The lowest BCUT2D eigenvalue weighted by atomic mass is 10.0. The number of nitrogens with one attached hydrogen (secondary N) is 1. The predicted molar refractivity (Wildman–Crippen MR) is 105 cm³/mol. The highest BCUT2D eigenvalue weighted by atomic mass is 16.2. The molecule has 0 fully saturated rings. The molecule has 1 heterocycles. The maximum atomic E-state index is 13.1. The fourth-order valence-corrected chi connectivity index (χ4v) is 3.44. The summed E-state index contributed by atoms with van der Waals surface area (Å²) < 4.78 is 0. The smallest absolute Gasteiger partial charge is 0.262 e. The predicted octanol–water partition coefficient (Wildman–Crippen LogP) is 3.95. The topological polar surface area (TPSA) is 66.5 Å². The first kappa shape index (κ1) is 18.8. The Morgan fingerprint density at radius 3 is 2.11 bits per heavy atom. The quantitative estimate of drug-likeness (QED) is 0.817. The Morgan fingerprint density at radius 2 is 1.59 bits per heavy atom. The molecular formula is C22H24N2O3. The van der Waals surface area contributed by atoms with Crippen LogP contribution in [-0.4, -0.2) is 28.7 Å². The van der Waals surface area contributed by atoms with Gasteiger partial charge in [-0.3, -0.25) is 19.3 Å². The van der Waals surface area contributed by atoms with Crippen molar-refractivity contribution in [3.8, 4) is 0 Å². The molecule has 0 unspecified atom stereocenters. The number of imide groups is 1. The molecule has 27 heavy (non-hydrogen) atoms. The number of carbonyl (C=O) groups is 3. The molecule has 0 bridgehead atoms. The molecule has 0 aromatic heterocycles. The summed E-state index contributed by atoms with van der Waals surface area (Å²) in [6, 6.07) is 11.6. The number of rotatable bonds is 5. The van der Waals surface area contributed by atoms with E-state index in [9.17, 15) is 14.4 Å². The van der Waals surface area contributed by atoms with Crippen molar-refractivity contribution in [1.29, 1.82) is 0 Å². The molecule has 2 aromatic rings. The summed E-state index contributed by atoms with van der Waals surface area (Å²) in [6.45, 7) is 7.84. The Balaban J connectivity index is 1.91. The van der Waals surface area contributed by atoms with Crippen LogP contribution in [0, 0.1) is 19.8 Å². The lowest BCUT2D eigenvalue weighted by Crippen LogP contribution is -2.48. The number of carbonyl (C=O) groups excluding carboxylic acids is 3. The summed E-state index contributed by atoms with van der Waals surface area (Å²) >= 11 is 0. The molecule has 5 heteroatoms. The maximum absolute atomic E-state index is 13.1. The molecule has 1 N–H and O–H groups in total. The van der Waals surface area contributed by atoms with Crippen LogP contribution in [-0.2, 0) is 4.79 Å². The van der Waals surface area contributed by atoms with Crippen molar-refractivity contribution in [2.45, 2.75) is 40.2 Å². The van der Waals surface area contributed by atoms with E-state index in [4.69, 9.17) is 0 Å². The van der Waals surface area contributed by atoms with E-state index in [2.05, 4.69) is 5.32 Å². The molecule has 0 saturated heterocycles. The minimum atomic E-state index is -0.849. The van der Waals surface area contributed by atoms with E-state index in [1.54, 1.807) is 24.3 Å². The summed E-state index contributed by atoms with van der Waals surface area (Å²) in [4.78, 5) is 39.8. The van der Waals surface area contributed by atoms with Gasteiger partial charge in [0.2, 0.25) is 5.91 Å². The van der Waals surface area contributed by atoms with Crippen molar-refractivity contribution in [1.82, 2.24) is 4.90 Å². The molecule has 0 spiro atoms. The minimum absolute atomic E-state index is 0.143. The van der Waals surface area contributed by atoms with Crippen molar-refractivity contribution >= 4 is 23.4 Å². The second kappa shape index (κ2) is 7.35. The molecule has 0 saturated carbocycles. The first-order chi connectivity index (χ1) is 12.8. The van der Waals surface area contributed by atoms with Gasteiger partial charge in [0.1, 0.15) is 6.04 Å². The van der Waals surface area contributed by atoms with Crippen molar-refractivity contribution in [3.05, 3.63) is 64.7 Å². The molecule has 2 aromatic carbocycles. The molecule has 3 amide bonds. The van der Waals surface area contributed by atoms with Crippen LogP contribution in [0.5, 0.6) is 0 Å². The van der Waals surface area contributed by atoms with Gasteiger partial charge in [0, 0.05) is 5.69 Å². The Kier molecular flexibility index (Phi) is 5.13. The molecule has 1 atom stereocenters. The number of anilines is 1. The lowest BCUT2D eigenvalue weighted by molar-refractivity contribution is -0.120. The molecule has 3 rings (SSSR count). The first-order valence-electron chi connectivity index (χ1n) is 9.14. The fraction of sp³-hybridized carbons (Fsp3) is 0.318. The van der Waals surface area contributed by atoms with Gasteiger partial charge in [-0.05, 0) is 49.9 Å². The Morgan fingerprint density at radius 1 is 1.00 bits per heavy atom. The van der Waals surface area contributed by atoms with Gasteiger partial charge >= 0.3 is 0 Å². The van der Waals surface area contributed by atoms with Crippen LogP contribution in [0.4, 0.5) is 5.69 Å². The average Bonchev–Trinajstić information content (AvgIpc) is 2.86. The summed E-state index contributed by atoms with van der Waals surface area (Å²) in [5.41, 5.74) is 3.45. The van der Waals surface area contributed by atoms with E-state index < -0.39 is 17.9 Å². The van der Waals surface area contributed by atoms with E-state index in [-0.39, 0.29) is 11.8 Å². The number of benzene rings is 2. The molecule has 1 aliphatic rings. The highest BCUT2D eigenvalue weighted by molar-refractivity contribution is 6.23. The second-order valence-corrected chi connectivity index (χ2v) is 7.48. The standard InChI is InChI=1S/C22H24N2O3/c1-13(2)11-19(20(25)23-18-10-9-14(3)12-15(18)4)24-21(26)16-7-5-6-8-17(16)22(24)27/h5-10,12-13,19H,11H2,1-4H3,(H,23,25)/t19-/m0/s1. The zero-order valence-electron chi connectivity index (χ0n) is 16.1. The van der Waals surface area contributed by atoms with E-state index in [0.29, 0.717) is 23.2 Å². The van der Waals surface area contributed by atoms with E-state index >= 15 is 0 Å². The fourth-order valence-electron chi connectivity index (χ4n) is 3.44. The number of aryl methyl sites for hydroxylation is 2. The monoisotopic (exact) mass is 364 g/mol. The molecular weight excluding hydrogens is 340 g/mol. The third kappa shape index (κ3) is 3.63. The lowest BCUT2D eigenvalue weighted by Gasteiger charge is -2.27. The van der Waals surface area contributed by atoms with E-state index in [1.807, 2.05) is 45.9 Å². The van der Waals surface area contributed by atoms with Gasteiger partial charge in [-0.15, -0.1) is 0 Å². The number of hydrogen-bond donors (Lipinski definition) is 1. The van der Waals surface area contributed by atoms with Crippen molar-refractivity contribution in [2.75, 3.05) is 5.32 Å². The van der Waals surface area contributed by atoms with Gasteiger partial charge in [-0.1, -0.05) is 43.7 Å². The van der Waals surface area contributed by atoms with Crippen LogP contribution in [0.25, 0.3) is 0 Å². The van der Waals surface area contributed by atoms with Crippen molar-refractivity contribution in [3.63, 3.8) is 0 Å². The van der Waals surface area contributed by atoms with Crippen LogP contribution in [0.3, 0.4) is 0 Å². The van der Waals surface area contributed by atoms with Crippen LogP contribution < -0.4 is 5.32 Å². The summed E-state index contributed by atoms with van der Waals surface area (Å²) in [6.07, 6.45) is 0.405. The van der Waals surface area contributed by atoms with Crippen LogP contribution in [0.2, 0.25) is 0 Å². The molecule has 0 aliphatic carbocycles. The average molecular weight is 364 g/mol. The first-order valence-corrected chi connectivity index (χ1v) is 9.14. The van der Waals surface area contributed by atoms with Gasteiger partial charge in [0.15, 0.2) is 0 Å². The van der Waals surface area contributed by atoms with Gasteiger partial charge < -0.3 is 5.32 Å². The third-order valence-electron chi connectivity index (χ3n) is 4.77. The summed E-state index contributed by atoms with van der Waals surface area (Å²) in [5.74, 6) is -1.01. The second-order valence-electron chi connectivity index (χ2n) is 7.48. The Labute approximate surface area is 159 Å². The highest BCUT2D eigenvalue weighted by Crippen LogP contribution is 2.28. The van der Waals surface area contributed by atoms with Crippen molar-refractivity contribution in [2.24, 2.45) is 5.92 Å². The number of nitrogens with zero attached hydrogens (tertiary/aromatic N) is 1.